The first-order valence-corrected chi connectivity index (χ1v) is 11.7. The number of amides is 3. The number of aromatic nitrogens is 4. The maximum absolute atomic E-state index is 12.1. The molecule has 0 spiro atoms. The first-order valence-electron chi connectivity index (χ1n) is 10.0. The van der Waals surface area contributed by atoms with E-state index in [0.29, 0.717) is 16.7 Å². The van der Waals surface area contributed by atoms with Crippen molar-refractivity contribution in [1.82, 2.24) is 25.7 Å². The molecule has 0 radical (unpaired) electrons. The van der Waals surface area contributed by atoms with Gasteiger partial charge in [-0.3, -0.25) is 10.1 Å². The van der Waals surface area contributed by atoms with Crippen LogP contribution in [0.5, 0.6) is 0 Å². The van der Waals surface area contributed by atoms with E-state index in [1.54, 1.807) is 0 Å². The minimum atomic E-state index is -0.277. The van der Waals surface area contributed by atoms with Crippen LogP contribution >= 0.6 is 22.7 Å². The van der Waals surface area contributed by atoms with Crippen molar-refractivity contribution >= 4 is 44.9 Å². The van der Waals surface area contributed by atoms with Gasteiger partial charge in [-0.2, -0.15) is 0 Å². The molecule has 0 aliphatic rings. The van der Waals surface area contributed by atoms with Gasteiger partial charge >= 0.3 is 6.03 Å². The van der Waals surface area contributed by atoms with Crippen LogP contribution in [0, 0.1) is 0 Å². The lowest BCUT2D eigenvalue weighted by atomic mass is 10.1. The van der Waals surface area contributed by atoms with Crippen LogP contribution in [0.3, 0.4) is 0 Å². The Kier molecular flexibility index (Phi) is 8.42. The van der Waals surface area contributed by atoms with Gasteiger partial charge in [0.25, 0.3) is 0 Å². The van der Waals surface area contributed by atoms with E-state index in [1.807, 2.05) is 44.2 Å². The maximum atomic E-state index is 12.1. The summed E-state index contributed by atoms with van der Waals surface area (Å²) in [5, 5.41) is 27.4. The molecule has 11 heteroatoms. The van der Waals surface area contributed by atoms with Crippen LogP contribution in [0.2, 0.25) is 0 Å². The molecule has 3 amide bonds. The molecule has 0 aliphatic carbocycles. The molecule has 9 nitrogen and oxygen atoms in total. The van der Waals surface area contributed by atoms with Gasteiger partial charge in [0.15, 0.2) is 0 Å². The van der Waals surface area contributed by atoms with E-state index >= 15 is 0 Å². The average Bonchev–Trinajstić information content (AvgIpc) is 3.34. The number of hydrogen-bond donors (Lipinski definition) is 3. The zero-order chi connectivity index (χ0) is 22.1. The normalized spacial score (nSPS) is 10.8. The highest BCUT2D eigenvalue weighted by molar-refractivity contribution is 7.15. The fourth-order valence-electron chi connectivity index (χ4n) is 2.70. The summed E-state index contributed by atoms with van der Waals surface area (Å²) in [5.41, 5.74) is 0.959. The quantitative estimate of drug-likeness (QED) is 0.381. The smallest absolute Gasteiger partial charge is 0.321 e. The summed E-state index contributed by atoms with van der Waals surface area (Å²) in [6.07, 6.45) is 3.72. The third-order valence-electron chi connectivity index (χ3n) is 4.06. The number of unbranched alkanes of at least 4 members (excludes halogenated alkanes) is 1. The predicted octanol–water partition coefficient (Wildman–Crippen LogP) is 4.40. The summed E-state index contributed by atoms with van der Waals surface area (Å²) in [6.45, 7) is 3.79. The zero-order valence-corrected chi connectivity index (χ0v) is 19.1. The van der Waals surface area contributed by atoms with Crippen molar-refractivity contribution in [1.29, 1.82) is 0 Å². The summed E-state index contributed by atoms with van der Waals surface area (Å²) in [4.78, 5) is 23.8. The molecular formula is C20H31N7O2S2. The van der Waals surface area contributed by atoms with E-state index in [0.717, 1.165) is 41.3 Å². The van der Waals surface area contributed by atoms with Crippen LogP contribution in [-0.4, -0.2) is 38.4 Å². The van der Waals surface area contributed by atoms with E-state index in [-0.39, 0.29) is 22.3 Å². The van der Waals surface area contributed by atoms with Gasteiger partial charge in [0, 0.05) is 23.2 Å². The number of carbonyl (C=O) groups is 2. The molecule has 0 unspecified atom stereocenters. The average molecular weight is 466 g/mol. The fourth-order valence-corrected chi connectivity index (χ4v) is 4.28. The van der Waals surface area contributed by atoms with E-state index < -0.39 is 0 Å². The second-order valence-corrected chi connectivity index (χ2v) is 9.30. The number of anilines is 2. The van der Waals surface area contributed by atoms with Gasteiger partial charge in [0.2, 0.25) is 16.2 Å². The lowest BCUT2D eigenvalue weighted by Gasteiger charge is -2.07. The molecule has 3 aromatic rings. The molecule has 0 aliphatic heterocycles. The van der Waals surface area contributed by atoms with Gasteiger partial charge in [-0.05, 0) is 32.3 Å². The topological polar surface area (TPSA) is 122 Å². The van der Waals surface area contributed by atoms with Crippen LogP contribution < -0.4 is 16.0 Å². The Hall–Kier alpha value is -2.92. The third kappa shape index (κ3) is 8.02. The summed E-state index contributed by atoms with van der Waals surface area (Å²) < 4.78 is 0. The summed E-state index contributed by atoms with van der Waals surface area (Å²) in [6, 6.07) is 9.37. The SMILES string of the molecule is CC(C)NC(=O)Nc1nnc(CCCCc2nnc(NC(=O)Cc3ccccc3)s2)s1.[HH].[HH].[HH]. The van der Waals surface area contributed by atoms with Gasteiger partial charge in [-0.15, -0.1) is 20.4 Å². The predicted molar refractivity (Wildman–Crippen MR) is 129 cm³/mol. The first kappa shape index (κ1) is 22.8. The van der Waals surface area contributed by atoms with Gasteiger partial charge < -0.3 is 10.6 Å². The largest absolute Gasteiger partial charge is 0.336 e. The van der Waals surface area contributed by atoms with Crippen LogP contribution in [0.15, 0.2) is 30.3 Å². The van der Waals surface area contributed by atoms with Crippen LogP contribution in [0.1, 0.15) is 46.5 Å². The number of hydrogen-bond acceptors (Lipinski definition) is 8. The summed E-state index contributed by atoms with van der Waals surface area (Å²) >= 11 is 2.78. The molecule has 31 heavy (non-hydrogen) atoms. The van der Waals surface area contributed by atoms with Crippen molar-refractivity contribution in [2.24, 2.45) is 0 Å². The number of carbonyl (C=O) groups excluding carboxylic acids is 2. The summed E-state index contributed by atoms with van der Waals surface area (Å²) in [5.74, 6) is -0.100. The minimum absolute atomic E-state index is 0. The number of aryl methyl sites for hydroxylation is 2. The highest BCUT2D eigenvalue weighted by atomic mass is 32.1. The molecule has 3 N–H and O–H groups in total. The number of nitrogens with zero attached hydrogens (tertiary/aromatic N) is 4. The van der Waals surface area contributed by atoms with E-state index in [1.165, 1.54) is 22.7 Å². The lowest BCUT2D eigenvalue weighted by Crippen LogP contribution is -2.34. The third-order valence-corrected chi connectivity index (χ3v) is 5.86. The second-order valence-electron chi connectivity index (χ2n) is 7.17. The van der Waals surface area contributed by atoms with Gasteiger partial charge in [-0.1, -0.05) is 53.0 Å². The molecule has 2 heterocycles. The van der Waals surface area contributed by atoms with E-state index in [9.17, 15) is 9.59 Å². The lowest BCUT2D eigenvalue weighted by molar-refractivity contribution is -0.115. The Morgan fingerprint density at radius 3 is 2.06 bits per heavy atom. The van der Waals surface area contributed by atoms with Gasteiger partial charge in [0.1, 0.15) is 10.0 Å². The Bertz CT molecular complexity index is 1000. The van der Waals surface area contributed by atoms with Crippen molar-refractivity contribution in [2.75, 3.05) is 10.6 Å². The van der Waals surface area contributed by atoms with Gasteiger partial charge in [0.05, 0.1) is 6.42 Å². The first-order chi connectivity index (χ1) is 15.0. The highest BCUT2D eigenvalue weighted by Gasteiger charge is 2.11. The molecule has 0 bridgehead atoms. The fraction of sp³-hybridized carbons (Fsp3) is 0.400. The monoisotopic (exact) mass is 465 g/mol. The Balaban J connectivity index is 0.00000363. The van der Waals surface area contributed by atoms with Crippen molar-refractivity contribution in [2.45, 2.75) is 52.0 Å². The highest BCUT2D eigenvalue weighted by Crippen LogP contribution is 2.20. The molecule has 0 saturated carbocycles. The minimum Gasteiger partial charge on any atom is -0.336 e. The molecule has 2 aromatic heterocycles. The molecule has 1 aromatic carbocycles. The Morgan fingerprint density at radius 1 is 0.903 bits per heavy atom. The molecule has 0 fully saturated rings. The molecular weight excluding hydrogens is 434 g/mol. The van der Waals surface area contributed by atoms with Crippen molar-refractivity contribution < 1.29 is 13.9 Å². The molecule has 0 atom stereocenters. The summed E-state index contributed by atoms with van der Waals surface area (Å²) in [7, 11) is 0. The van der Waals surface area contributed by atoms with Crippen molar-refractivity contribution in [3.63, 3.8) is 0 Å². The van der Waals surface area contributed by atoms with Crippen molar-refractivity contribution in [3.05, 3.63) is 45.9 Å². The number of nitrogens with one attached hydrogen (secondary N) is 3. The maximum Gasteiger partial charge on any atom is 0.321 e. The Morgan fingerprint density at radius 2 is 1.48 bits per heavy atom. The van der Waals surface area contributed by atoms with Crippen LogP contribution in [0.25, 0.3) is 0 Å². The molecule has 170 valence electrons. The molecule has 0 saturated heterocycles. The second kappa shape index (κ2) is 11.5. The Labute approximate surface area is 193 Å². The number of urea groups is 1. The number of rotatable bonds is 10. The van der Waals surface area contributed by atoms with Crippen LogP contribution in [0.4, 0.5) is 15.1 Å². The van der Waals surface area contributed by atoms with E-state index in [2.05, 4.69) is 36.3 Å². The number of benzene rings is 1. The van der Waals surface area contributed by atoms with Crippen molar-refractivity contribution in [3.8, 4) is 0 Å². The zero-order valence-electron chi connectivity index (χ0n) is 17.4. The van der Waals surface area contributed by atoms with Gasteiger partial charge in [-0.25, -0.2) is 4.79 Å². The van der Waals surface area contributed by atoms with Crippen LogP contribution in [-0.2, 0) is 24.1 Å². The molecule has 3 rings (SSSR count). The van der Waals surface area contributed by atoms with E-state index in [4.69, 9.17) is 0 Å². The standard InChI is InChI=1S/C20H25N7O2S2.3H2/c1-13(2)21-18(29)23-20-27-25-17(31-20)11-7-6-10-16-24-26-19(30-16)22-15(28)12-14-8-4-3-5-9-14;;;/h3-5,8-9,13H,6-7,10-12H2,1-2H3,(H,22,26,28)(H2,21,23,27,29);3*1H.